The van der Waals surface area contributed by atoms with Crippen LogP contribution in [0.5, 0.6) is 0 Å². The smallest absolute Gasteiger partial charge is 0.250 e. The molecule has 1 fully saturated rings. The van der Waals surface area contributed by atoms with Crippen LogP contribution < -0.4 is 0 Å². The maximum Gasteiger partial charge on any atom is 0.250 e. The number of rotatable bonds is 16. The van der Waals surface area contributed by atoms with Crippen LogP contribution >= 0.6 is 11.6 Å². The monoisotopic (exact) mass is 350 g/mol. The van der Waals surface area contributed by atoms with Crippen LogP contribution in [-0.2, 0) is 18.9 Å². The first kappa shape index (κ1) is 21.2. The molecule has 23 heavy (non-hydrogen) atoms. The summed E-state index contributed by atoms with van der Waals surface area (Å²) in [6.45, 7) is 4.54. The van der Waals surface area contributed by atoms with Gasteiger partial charge in [-0.05, 0) is 19.3 Å². The van der Waals surface area contributed by atoms with Gasteiger partial charge in [0.1, 0.15) is 6.10 Å². The quantitative estimate of drug-likeness (QED) is 0.174. The highest BCUT2D eigenvalue weighted by Gasteiger charge is 2.36. The molecule has 1 aliphatic rings. The lowest BCUT2D eigenvalue weighted by Crippen LogP contribution is -2.36. The van der Waals surface area contributed by atoms with Crippen LogP contribution in [0.1, 0.15) is 64.7 Å². The minimum absolute atomic E-state index is 0.186. The fraction of sp³-hybridized carbons (Fsp3) is 1.00. The molecule has 0 radical (unpaired) electrons. The van der Waals surface area contributed by atoms with Gasteiger partial charge in [0, 0.05) is 26.7 Å². The van der Waals surface area contributed by atoms with E-state index >= 15 is 0 Å². The molecule has 1 saturated heterocycles. The second-order valence-corrected chi connectivity index (χ2v) is 6.94. The second-order valence-electron chi connectivity index (χ2n) is 6.42. The highest BCUT2D eigenvalue weighted by Crippen LogP contribution is 2.35. The predicted molar refractivity (Wildman–Crippen MR) is 93.9 cm³/mol. The Labute approximate surface area is 147 Å². The van der Waals surface area contributed by atoms with E-state index in [4.69, 9.17) is 30.5 Å². The average Bonchev–Trinajstić information content (AvgIpc) is 3.39. The molecule has 1 rings (SSSR count). The number of alkyl halides is 1. The number of halogens is 1. The first-order chi connectivity index (χ1) is 11.2. The normalized spacial score (nSPS) is 19.0. The van der Waals surface area contributed by atoms with Crippen LogP contribution in [0.15, 0.2) is 0 Å². The van der Waals surface area contributed by atoms with Gasteiger partial charge in [-0.3, -0.25) is 0 Å². The van der Waals surface area contributed by atoms with Crippen LogP contribution in [-0.4, -0.2) is 45.4 Å². The molecule has 1 aliphatic heterocycles. The molecule has 1 heterocycles. The third-order valence-electron chi connectivity index (χ3n) is 4.50. The van der Waals surface area contributed by atoms with Crippen molar-refractivity contribution in [1.82, 2.24) is 0 Å². The van der Waals surface area contributed by atoms with Crippen molar-refractivity contribution in [3.05, 3.63) is 0 Å². The van der Waals surface area contributed by atoms with Crippen LogP contribution in [0.25, 0.3) is 0 Å². The van der Waals surface area contributed by atoms with Gasteiger partial charge in [0.25, 0.3) is 5.25 Å². The standard InChI is InChI=1S/C18H35ClO4/c1-4-5-6-7-8-9-11-16(18(19,20-2)21-3)12-10-13-22-14-17-15-23-17/h16-17H,4-15H2,1-3H3. The third kappa shape index (κ3) is 9.25. The van der Waals surface area contributed by atoms with Gasteiger partial charge in [-0.1, -0.05) is 57.0 Å². The summed E-state index contributed by atoms with van der Waals surface area (Å²) in [6, 6.07) is 0. The molecule has 138 valence electrons. The summed E-state index contributed by atoms with van der Waals surface area (Å²) in [5, 5.41) is -1.01. The molecule has 0 aromatic rings. The molecule has 2 unspecified atom stereocenters. The first-order valence-corrected chi connectivity index (χ1v) is 9.52. The zero-order valence-electron chi connectivity index (χ0n) is 15.2. The summed E-state index contributed by atoms with van der Waals surface area (Å²) in [5.74, 6) is 0.186. The molecule has 0 saturated carbocycles. The zero-order chi connectivity index (χ0) is 17.0. The van der Waals surface area contributed by atoms with Crippen LogP contribution in [0, 0.1) is 5.92 Å². The molecule has 0 bridgehead atoms. The van der Waals surface area contributed by atoms with Gasteiger partial charge in [0.15, 0.2) is 0 Å². The lowest BCUT2D eigenvalue weighted by molar-refractivity contribution is -0.180. The summed E-state index contributed by atoms with van der Waals surface area (Å²) < 4.78 is 21.6. The van der Waals surface area contributed by atoms with Crippen LogP contribution in [0.4, 0.5) is 0 Å². The lowest BCUT2D eigenvalue weighted by atomic mass is 9.94. The Balaban J connectivity index is 2.23. The summed E-state index contributed by atoms with van der Waals surface area (Å²) in [5.41, 5.74) is 0. The highest BCUT2D eigenvalue weighted by atomic mass is 35.5. The van der Waals surface area contributed by atoms with E-state index in [9.17, 15) is 0 Å². The summed E-state index contributed by atoms with van der Waals surface area (Å²) >= 11 is 6.50. The topological polar surface area (TPSA) is 40.2 Å². The van der Waals surface area contributed by atoms with Crippen molar-refractivity contribution in [2.24, 2.45) is 5.92 Å². The molecule has 0 amide bonds. The van der Waals surface area contributed by atoms with E-state index in [1.165, 1.54) is 38.5 Å². The number of ether oxygens (including phenoxy) is 4. The van der Waals surface area contributed by atoms with Crippen LogP contribution in [0.3, 0.4) is 0 Å². The molecular weight excluding hydrogens is 316 g/mol. The van der Waals surface area contributed by atoms with Crippen molar-refractivity contribution in [3.8, 4) is 0 Å². The molecule has 4 nitrogen and oxygen atoms in total. The van der Waals surface area contributed by atoms with E-state index in [1.807, 2.05) is 0 Å². The van der Waals surface area contributed by atoms with Gasteiger partial charge >= 0.3 is 0 Å². The molecule has 0 aromatic carbocycles. The van der Waals surface area contributed by atoms with Gasteiger partial charge in [-0.2, -0.15) is 0 Å². The van der Waals surface area contributed by atoms with Crippen molar-refractivity contribution in [2.75, 3.05) is 34.0 Å². The van der Waals surface area contributed by atoms with Crippen molar-refractivity contribution < 1.29 is 18.9 Å². The zero-order valence-corrected chi connectivity index (χ0v) is 15.9. The van der Waals surface area contributed by atoms with E-state index in [2.05, 4.69) is 6.92 Å². The number of epoxide rings is 1. The maximum atomic E-state index is 6.50. The lowest BCUT2D eigenvalue weighted by Gasteiger charge is -2.32. The van der Waals surface area contributed by atoms with Crippen molar-refractivity contribution in [1.29, 1.82) is 0 Å². The number of hydrogen-bond donors (Lipinski definition) is 0. The number of hydrogen-bond acceptors (Lipinski definition) is 4. The molecular formula is C18H35ClO4. The van der Waals surface area contributed by atoms with E-state index < -0.39 is 5.25 Å². The average molecular weight is 351 g/mol. The minimum Gasteiger partial charge on any atom is -0.379 e. The summed E-state index contributed by atoms with van der Waals surface area (Å²) in [7, 11) is 3.23. The van der Waals surface area contributed by atoms with E-state index in [0.717, 1.165) is 32.5 Å². The largest absolute Gasteiger partial charge is 0.379 e. The van der Waals surface area contributed by atoms with Gasteiger partial charge < -0.3 is 18.9 Å². The Morgan fingerprint density at radius 2 is 1.65 bits per heavy atom. The second kappa shape index (κ2) is 12.5. The molecule has 0 aliphatic carbocycles. The SMILES string of the molecule is CCCCCCCCC(CCCOCC1CO1)C(Cl)(OC)OC. The maximum absolute atomic E-state index is 6.50. The van der Waals surface area contributed by atoms with Crippen molar-refractivity contribution in [3.63, 3.8) is 0 Å². The van der Waals surface area contributed by atoms with E-state index in [-0.39, 0.29) is 5.92 Å². The van der Waals surface area contributed by atoms with Gasteiger partial charge in [-0.25, -0.2) is 0 Å². The Morgan fingerprint density at radius 1 is 1.04 bits per heavy atom. The first-order valence-electron chi connectivity index (χ1n) is 9.14. The fourth-order valence-corrected chi connectivity index (χ4v) is 3.11. The molecule has 5 heteroatoms. The van der Waals surface area contributed by atoms with Gasteiger partial charge in [0.05, 0.1) is 13.2 Å². The molecule has 0 spiro atoms. The third-order valence-corrected chi connectivity index (χ3v) is 5.12. The van der Waals surface area contributed by atoms with Crippen LogP contribution in [0.2, 0.25) is 0 Å². The Bertz CT molecular complexity index is 280. The van der Waals surface area contributed by atoms with E-state index in [1.54, 1.807) is 14.2 Å². The van der Waals surface area contributed by atoms with Crippen molar-refractivity contribution in [2.45, 2.75) is 76.1 Å². The molecule has 0 N–H and O–H groups in total. The highest BCUT2D eigenvalue weighted by molar-refractivity contribution is 6.22. The summed E-state index contributed by atoms with van der Waals surface area (Å²) in [4.78, 5) is 0. The Kier molecular flexibility index (Phi) is 11.5. The molecule has 2 atom stereocenters. The van der Waals surface area contributed by atoms with Crippen molar-refractivity contribution >= 4 is 11.6 Å². The fourth-order valence-electron chi connectivity index (χ4n) is 2.89. The predicted octanol–water partition coefficient (Wildman–Crippen LogP) is 4.73. The molecule has 0 aromatic heterocycles. The number of unbranched alkanes of at least 4 members (excludes halogenated alkanes) is 5. The van der Waals surface area contributed by atoms with E-state index in [0.29, 0.717) is 12.7 Å². The summed E-state index contributed by atoms with van der Waals surface area (Å²) in [6.07, 6.45) is 11.0. The van der Waals surface area contributed by atoms with Gasteiger partial charge in [0.2, 0.25) is 0 Å². The Hall–Kier alpha value is 0.130. The number of methoxy groups -OCH3 is 2. The minimum atomic E-state index is -1.01. The van der Waals surface area contributed by atoms with Gasteiger partial charge in [-0.15, -0.1) is 0 Å². The Morgan fingerprint density at radius 3 is 2.26 bits per heavy atom.